The lowest BCUT2D eigenvalue weighted by Crippen LogP contribution is -2.66. The van der Waals surface area contributed by atoms with Gasteiger partial charge in [-0.3, -0.25) is 14.1 Å². The van der Waals surface area contributed by atoms with Gasteiger partial charge in [0.05, 0.1) is 19.8 Å². The number of rotatable bonds is 38. The van der Waals surface area contributed by atoms with Crippen LogP contribution in [-0.2, 0) is 28.9 Å². The highest BCUT2D eigenvalue weighted by Crippen LogP contribution is 2.31. The van der Waals surface area contributed by atoms with E-state index in [2.05, 4.69) is 26.1 Å². The van der Waals surface area contributed by atoms with E-state index in [0.29, 0.717) is 31.1 Å². The van der Waals surface area contributed by atoms with Gasteiger partial charge < -0.3 is 34.5 Å². The first-order chi connectivity index (χ1) is 29.5. The van der Waals surface area contributed by atoms with Crippen molar-refractivity contribution >= 4 is 22.3 Å². The van der Waals surface area contributed by atoms with Crippen LogP contribution in [0.25, 0.3) is 0 Å². The Morgan fingerprint density at radius 1 is 0.639 bits per heavy atom. The van der Waals surface area contributed by atoms with Crippen LogP contribution in [0.4, 0.5) is 0 Å². The summed E-state index contributed by atoms with van der Waals surface area (Å²) in [4.78, 5) is 27.0. The molecule has 354 valence electrons. The van der Waals surface area contributed by atoms with Gasteiger partial charge in [-0.05, 0) is 37.5 Å². The molecule has 1 fully saturated rings. The van der Waals surface area contributed by atoms with Crippen molar-refractivity contribution in [2.24, 2.45) is 0 Å². The first-order valence-corrected chi connectivity index (χ1v) is 25.4. The predicted molar refractivity (Wildman–Crippen MR) is 239 cm³/mol. The van der Waals surface area contributed by atoms with Gasteiger partial charge in [0.15, 0.2) is 23.9 Å². The van der Waals surface area contributed by atoms with Crippen LogP contribution in [0.3, 0.4) is 0 Å². The maximum absolute atomic E-state index is 13.9. The van der Waals surface area contributed by atoms with Crippen LogP contribution in [0, 0.1) is 0 Å². The SMILES string of the molecule is CCCCCCCCCCCCCC(=O)O[C@@H]1[C@H](NC(=O)c2ccc(OCCCCCCCCCC)c(OCCCCCCCCCC)c2)[C@@H](O)O[C@H](CO)[C@H]1OS(=O)(=O)O. The lowest BCUT2D eigenvalue weighted by Gasteiger charge is -2.43. The average Bonchev–Trinajstić information content (AvgIpc) is 3.23. The Labute approximate surface area is 368 Å². The van der Waals surface area contributed by atoms with Crippen molar-refractivity contribution in [2.45, 2.75) is 231 Å². The molecule has 0 aliphatic carbocycles. The number of unbranched alkanes of at least 4 members (excludes halogenated alkanes) is 24. The van der Waals surface area contributed by atoms with Crippen molar-refractivity contribution in [3.8, 4) is 11.5 Å². The number of benzene rings is 1. The molecular weight excluding hydrogens is 803 g/mol. The molecule has 0 spiro atoms. The third-order valence-corrected chi connectivity index (χ3v) is 11.8. The number of esters is 1. The highest BCUT2D eigenvalue weighted by atomic mass is 32.3. The molecule has 4 N–H and O–H groups in total. The summed E-state index contributed by atoms with van der Waals surface area (Å²) < 4.78 is 61.8. The second-order valence-corrected chi connectivity index (χ2v) is 17.8. The van der Waals surface area contributed by atoms with Gasteiger partial charge in [-0.1, -0.05) is 175 Å². The summed E-state index contributed by atoms with van der Waals surface area (Å²) in [5.41, 5.74) is 0.139. The third kappa shape index (κ3) is 24.8. The number of hydrogen-bond acceptors (Lipinski definition) is 11. The number of aliphatic hydroxyl groups excluding tert-OH is 2. The van der Waals surface area contributed by atoms with E-state index >= 15 is 0 Å². The van der Waals surface area contributed by atoms with Crippen LogP contribution in [0.2, 0.25) is 0 Å². The molecule has 0 unspecified atom stereocenters. The molecule has 1 heterocycles. The van der Waals surface area contributed by atoms with Gasteiger partial charge in [0, 0.05) is 12.0 Å². The van der Waals surface area contributed by atoms with Crippen molar-refractivity contribution in [3.05, 3.63) is 23.8 Å². The number of amides is 1. The molecule has 61 heavy (non-hydrogen) atoms. The fourth-order valence-electron chi connectivity index (χ4n) is 7.71. The maximum Gasteiger partial charge on any atom is 0.397 e. The number of ether oxygens (including phenoxy) is 4. The van der Waals surface area contributed by atoms with Crippen molar-refractivity contribution in [2.75, 3.05) is 19.8 Å². The fourth-order valence-corrected chi connectivity index (χ4v) is 8.23. The smallest absolute Gasteiger partial charge is 0.397 e. The van der Waals surface area contributed by atoms with E-state index in [0.717, 1.165) is 64.2 Å². The number of hydrogen-bond donors (Lipinski definition) is 4. The molecule has 2 rings (SSSR count). The van der Waals surface area contributed by atoms with Crippen molar-refractivity contribution in [1.29, 1.82) is 0 Å². The highest BCUT2D eigenvalue weighted by Gasteiger charge is 2.50. The number of carbonyl (C=O) groups excluding carboxylic acids is 2. The van der Waals surface area contributed by atoms with E-state index in [-0.39, 0.29) is 12.0 Å². The topological polar surface area (TPSA) is 187 Å². The largest absolute Gasteiger partial charge is 0.490 e. The van der Waals surface area contributed by atoms with E-state index in [1.165, 1.54) is 103 Å². The maximum atomic E-state index is 13.9. The standard InChI is InChI=1S/C47H83NO12S/c1-4-7-10-13-16-19-20-21-22-25-28-31-42(50)59-45-43(47(52)58-41(37-49)44(45)60-61(53,54)55)48-46(51)38-32-33-39(56-34-29-26-23-17-14-11-8-5-2)40(36-38)57-35-30-27-24-18-15-12-9-6-3/h32-33,36,41,43-45,47,49,52H,4-31,34-35,37H2,1-3H3,(H,48,51)(H,53,54,55)/t41-,43+,44-,45-,47+/m1/s1. The lowest BCUT2D eigenvalue weighted by molar-refractivity contribution is -0.252. The molecule has 0 aromatic heterocycles. The Morgan fingerprint density at radius 2 is 1.08 bits per heavy atom. The van der Waals surface area contributed by atoms with Crippen LogP contribution >= 0.6 is 0 Å². The van der Waals surface area contributed by atoms with Crippen LogP contribution in [-0.4, -0.2) is 85.5 Å². The molecule has 1 amide bonds. The van der Waals surface area contributed by atoms with Crippen molar-refractivity contribution in [3.63, 3.8) is 0 Å². The molecule has 1 saturated heterocycles. The van der Waals surface area contributed by atoms with Crippen molar-refractivity contribution in [1.82, 2.24) is 5.32 Å². The van der Waals surface area contributed by atoms with Gasteiger partial charge in [0.25, 0.3) is 5.91 Å². The minimum absolute atomic E-state index is 0.00645. The van der Waals surface area contributed by atoms with Crippen molar-refractivity contribution < 1.29 is 55.9 Å². The Balaban J connectivity index is 2.13. The van der Waals surface area contributed by atoms with E-state index in [1.807, 2.05) is 0 Å². The van der Waals surface area contributed by atoms with Crippen LogP contribution in [0.1, 0.15) is 211 Å². The van der Waals surface area contributed by atoms with Crippen LogP contribution in [0.15, 0.2) is 18.2 Å². The molecule has 13 nitrogen and oxygen atoms in total. The quantitative estimate of drug-likeness (QED) is 0.0280. The van der Waals surface area contributed by atoms with E-state index in [1.54, 1.807) is 18.2 Å². The molecule has 5 atom stereocenters. The third-order valence-electron chi connectivity index (χ3n) is 11.3. The van der Waals surface area contributed by atoms with Gasteiger partial charge in [-0.2, -0.15) is 8.42 Å². The summed E-state index contributed by atoms with van der Waals surface area (Å²) in [7, 11) is -5.15. The Kier molecular flexibility index (Phi) is 30.4. The zero-order valence-corrected chi connectivity index (χ0v) is 38.8. The normalized spacial score (nSPS) is 19.1. The van der Waals surface area contributed by atoms with Gasteiger partial charge in [-0.25, -0.2) is 4.18 Å². The average molecular weight is 886 g/mol. The molecule has 1 aliphatic rings. The first-order valence-electron chi connectivity index (χ1n) is 24.0. The van der Waals surface area contributed by atoms with Gasteiger partial charge in [-0.15, -0.1) is 0 Å². The van der Waals surface area contributed by atoms with Gasteiger partial charge >= 0.3 is 16.4 Å². The van der Waals surface area contributed by atoms with E-state index in [4.69, 9.17) is 23.1 Å². The van der Waals surface area contributed by atoms with Crippen LogP contribution < -0.4 is 14.8 Å². The number of aliphatic hydroxyl groups is 2. The monoisotopic (exact) mass is 886 g/mol. The molecule has 0 saturated carbocycles. The molecule has 1 aromatic carbocycles. The summed E-state index contributed by atoms with van der Waals surface area (Å²) >= 11 is 0. The summed E-state index contributed by atoms with van der Waals surface area (Å²) in [5.74, 6) is -0.539. The summed E-state index contributed by atoms with van der Waals surface area (Å²) in [6.45, 7) is 6.70. The van der Waals surface area contributed by atoms with Gasteiger partial charge in [0.1, 0.15) is 18.2 Å². The number of nitrogens with one attached hydrogen (secondary N) is 1. The molecular formula is C47H83NO12S. The second kappa shape index (κ2) is 34.0. The predicted octanol–water partition coefficient (Wildman–Crippen LogP) is 10.3. The Morgan fingerprint density at radius 3 is 1.54 bits per heavy atom. The Hall–Kier alpha value is -2.49. The second-order valence-electron chi connectivity index (χ2n) is 16.8. The molecule has 1 aromatic rings. The molecule has 1 aliphatic heterocycles. The fraction of sp³-hybridized carbons (Fsp3) is 0.830. The van der Waals surface area contributed by atoms with E-state index in [9.17, 15) is 32.8 Å². The summed E-state index contributed by atoms with van der Waals surface area (Å²) in [6.07, 6.45) is 23.5. The minimum atomic E-state index is -5.15. The molecule has 14 heteroatoms. The Bertz CT molecular complexity index is 1400. The van der Waals surface area contributed by atoms with Crippen LogP contribution in [0.5, 0.6) is 11.5 Å². The minimum Gasteiger partial charge on any atom is -0.490 e. The zero-order chi connectivity index (χ0) is 44.6. The zero-order valence-electron chi connectivity index (χ0n) is 38.0. The molecule has 0 radical (unpaired) electrons. The summed E-state index contributed by atoms with van der Waals surface area (Å²) in [6, 6.07) is 3.22. The van der Waals surface area contributed by atoms with Gasteiger partial charge in [0.2, 0.25) is 0 Å². The summed E-state index contributed by atoms with van der Waals surface area (Å²) in [5, 5.41) is 23.7. The number of carbonyl (C=O) groups is 2. The first kappa shape index (κ1) is 54.6. The molecule has 0 bridgehead atoms. The highest BCUT2D eigenvalue weighted by molar-refractivity contribution is 7.80. The van der Waals surface area contributed by atoms with E-state index < -0.39 is 59.5 Å². The lowest BCUT2D eigenvalue weighted by atomic mass is 9.96.